The summed E-state index contributed by atoms with van der Waals surface area (Å²) in [5, 5.41) is 5.35. The van der Waals surface area contributed by atoms with E-state index >= 15 is 0 Å². The fraction of sp³-hybridized carbons (Fsp3) is 0.188. The number of alkyl halides is 3. The van der Waals surface area contributed by atoms with Gasteiger partial charge in [-0.3, -0.25) is 4.79 Å². The number of carbonyl (C=O) groups is 1. The third-order valence-electron chi connectivity index (χ3n) is 3.07. The minimum atomic E-state index is -4.38. The molecule has 0 unspecified atom stereocenters. The second kappa shape index (κ2) is 7.13. The van der Waals surface area contributed by atoms with Gasteiger partial charge in [-0.25, -0.2) is 4.39 Å². The van der Waals surface area contributed by atoms with Gasteiger partial charge in [0.15, 0.2) is 0 Å². The van der Waals surface area contributed by atoms with Crippen molar-refractivity contribution in [3.63, 3.8) is 0 Å². The molecule has 0 radical (unpaired) electrons. The first-order valence-corrected chi connectivity index (χ1v) is 6.77. The zero-order valence-corrected chi connectivity index (χ0v) is 12.0. The van der Waals surface area contributed by atoms with Gasteiger partial charge in [-0.15, -0.1) is 0 Å². The van der Waals surface area contributed by atoms with Crippen LogP contribution in [0.15, 0.2) is 48.5 Å². The van der Waals surface area contributed by atoms with Crippen LogP contribution in [0.2, 0.25) is 0 Å². The van der Waals surface area contributed by atoms with Gasteiger partial charge >= 0.3 is 6.18 Å². The van der Waals surface area contributed by atoms with Crippen molar-refractivity contribution in [3.05, 3.63) is 65.5 Å². The van der Waals surface area contributed by atoms with Gasteiger partial charge < -0.3 is 10.6 Å². The molecule has 2 N–H and O–H groups in total. The van der Waals surface area contributed by atoms with E-state index in [4.69, 9.17) is 0 Å². The molecule has 0 aromatic heterocycles. The first kappa shape index (κ1) is 16.8. The van der Waals surface area contributed by atoms with Gasteiger partial charge in [0.1, 0.15) is 5.82 Å². The summed E-state index contributed by atoms with van der Waals surface area (Å²) in [6.45, 7) is 0.167. The maximum Gasteiger partial charge on any atom is 0.416 e. The van der Waals surface area contributed by atoms with Gasteiger partial charge in [0, 0.05) is 12.2 Å². The molecule has 2 aromatic carbocycles. The third kappa shape index (κ3) is 5.28. The van der Waals surface area contributed by atoms with Crippen molar-refractivity contribution < 1.29 is 22.4 Å². The monoisotopic (exact) mass is 326 g/mol. The highest BCUT2D eigenvalue weighted by molar-refractivity contribution is 5.80. The number of amides is 1. The molecule has 0 fully saturated rings. The van der Waals surface area contributed by atoms with Crippen LogP contribution in [0.4, 0.5) is 23.2 Å². The number of anilines is 1. The van der Waals surface area contributed by atoms with E-state index in [2.05, 4.69) is 10.6 Å². The predicted octanol–water partition coefficient (Wildman–Crippen LogP) is 3.57. The first-order chi connectivity index (χ1) is 10.8. The van der Waals surface area contributed by atoms with E-state index in [-0.39, 0.29) is 24.8 Å². The topological polar surface area (TPSA) is 41.1 Å². The number of nitrogens with one attached hydrogen (secondary N) is 2. The molecule has 23 heavy (non-hydrogen) atoms. The van der Waals surface area contributed by atoms with Crippen molar-refractivity contribution in [2.75, 3.05) is 11.9 Å². The van der Waals surface area contributed by atoms with Gasteiger partial charge in [-0.1, -0.05) is 12.1 Å². The largest absolute Gasteiger partial charge is 0.416 e. The van der Waals surface area contributed by atoms with Crippen molar-refractivity contribution in [1.29, 1.82) is 0 Å². The van der Waals surface area contributed by atoms with Crippen molar-refractivity contribution in [2.24, 2.45) is 0 Å². The van der Waals surface area contributed by atoms with Crippen LogP contribution in [-0.2, 0) is 17.5 Å². The summed E-state index contributed by atoms with van der Waals surface area (Å²) >= 11 is 0. The minimum Gasteiger partial charge on any atom is -0.376 e. The smallest absolute Gasteiger partial charge is 0.376 e. The maximum atomic E-state index is 12.7. The second-order valence-electron chi connectivity index (χ2n) is 4.83. The third-order valence-corrected chi connectivity index (χ3v) is 3.07. The van der Waals surface area contributed by atoms with Crippen molar-refractivity contribution in [3.8, 4) is 0 Å². The van der Waals surface area contributed by atoms with Crippen LogP contribution in [0.1, 0.15) is 11.1 Å². The van der Waals surface area contributed by atoms with Crippen LogP contribution in [0, 0.1) is 5.82 Å². The van der Waals surface area contributed by atoms with E-state index in [0.717, 1.165) is 17.7 Å². The highest BCUT2D eigenvalue weighted by Gasteiger charge is 2.29. The Balaban J connectivity index is 1.79. The summed E-state index contributed by atoms with van der Waals surface area (Å²) < 4.78 is 50.0. The molecule has 7 heteroatoms. The molecule has 0 aliphatic carbocycles. The summed E-state index contributed by atoms with van der Waals surface area (Å²) in [5.74, 6) is -0.682. The second-order valence-corrected chi connectivity index (χ2v) is 4.83. The van der Waals surface area contributed by atoms with Crippen LogP contribution < -0.4 is 10.6 Å². The number of carbonyl (C=O) groups excluding carboxylic acids is 1. The molecule has 122 valence electrons. The molecule has 0 spiro atoms. The summed E-state index contributed by atoms with van der Waals surface area (Å²) in [5.41, 5.74) is 0.410. The van der Waals surface area contributed by atoms with Crippen molar-refractivity contribution in [1.82, 2.24) is 5.32 Å². The standard InChI is InChI=1S/C16H14F4N2O/c17-13-5-1-11(2-6-13)9-22-15(23)10-21-14-7-3-12(4-8-14)16(18,19)20/h1-8,21H,9-10H2,(H,22,23). The molecule has 1 amide bonds. The van der Waals surface area contributed by atoms with E-state index in [1.54, 1.807) is 12.1 Å². The summed E-state index contributed by atoms with van der Waals surface area (Å²) in [7, 11) is 0. The molecular formula is C16H14F4N2O. The van der Waals surface area contributed by atoms with E-state index in [1.165, 1.54) is 24.3 Å². The molecule has 0 saturated heterocycles. The highest BCUT2D eigenvalue weighted by atomic mass is 19.4. The van der Waals surface area contributed by atoms with Gasteiger partial charge in [-0.05, 0) is 42.0 Å². The fourth-order valence-corrected chi connectivity index (χ4v) is 1.82. The molecule has 0 heterocycles. The summed E-state index contributed by atoms with van der Waals surface area (Å²) in [4.78, 5) is 11.7. The molecule has 0 bridgehead atoms. The Morgan fingerprint density at radius 3 is 2.13 bits per heavy atom. The molecule has 0 aliphatic heterocycles. The lowest BCUT2D eigenvalue weighted by Crippen LogP contribution is -2.29. The average molecular weight is 326 g/mol. The average Bonchev–Trinajstić information content (AvgIpc) is 2.52. The molecule has 0 aliphatic rings. The molecule has 2 aromatic rings. The van der Waals surface area contributed by atoms with Gasteiger partial charge in [0.05, 0.1) is 12.1 Å². The quantitative estimate of drug-likeness (QED) is 0.825. The van der Waals surface area contributed by atoms with Crippen LogP contribution >= 0.6 is 0 Å². The van der Waals surface area contributed by atoms with Crippen LogP contribution in [0.5, 0.6) is 0 Å². The Bertz CT molecular complexity index is 651. The van der Waals surface area contributed by atoms with E-state index in [1.807, 2.05) is 0 Å². The summed E-state index contributed by atoms with van der Waals surface area (Å²) in [6, 6.07) is 10.1. The molecule has 3 nitrogen and oxygen atoms in total. The first-order valence-electron chi connectivity index (χ1n) is 6.77. The summed E-state index contributed by atoms with van der Waals surface area (Å²) in [6.07, 6.45) is -4.38. The van der Waals surface area contributed by atoms with E-state index < -0.39 is 11.7 Å². The highest BCUT2D eigenvalue weighted by Crippen LogP contribution is 2.29. The molecule has 2 rings (SSSR count). The van der Waals surface area contributed by atoms with E-state index in [0.29, 0.717) is 5.69 Å². The van der Waals surface area contributed by atoms with Crippen LogP contribution in [0.25, 0.3) is 0 Å². The Kier molecular flexibility index (Phi) is 5.20. The van der Waals surface area contributed by atoms with Gasteiger partial charge in [-0.2, -0.15) is 13.2 Å². The Hall–Kier alpha value is -2.57. The van der Waals surface area contributed by atoms with Crippen LogP contribution in [0.3, 0.4) is 0 Å². The van der Waals surface area contributed by atoms with Gasteiger partial charge in [0.2, 0.25) is 5.91 Å². The number of benzene rings is 2. The zero-order valence-electron chi connectivity index (χ0n) is 12.0. The molecule has 0 atom stereocenters. The Morgan fingerprint density at radius 1 is 0.957 bits per heavy atom. The maximum absolute atomic E-state index is 12.7. The normalized spacial score (nSPS) is 11.1. The minimum absolute atomic E-state index is 0.0768. The van der Waals surface area contributed by atoms with Crippen molar-refractivity contribution >= 4 is 11.6 Å². The number of halogens is 4. The Morgan fingerprint density at radius 2 is 1.57 bits per heavy atom. The van der Waals surface area contributed by atoms with Crippen molar-refractivity contribution in [2.45, 2.75) is 12.7 Å². The number of rotatable bonds is 5. The number of hydrogen-bond acceptors (Lipinski definition) is 2. The Labute approximate surface area is 130 Å². The molecular weight excluding hydrogens is 312 g/mol. The number of hydrogen-bond donors (Lipinski definition) is 2. The van der Waals surface area contributed by atoms with Crippen LogP contribution in [-0.4, -0.2) is 12.5 Å². The van der Waals surface area contributed by atoms with E-state index in [9.17, 15) is 22.4 Å². The lowest BCUT2D eigenvalue weighted by atomic mass is 10.2. The zero-order chi connectivity index (χ0) is 16.9. The lowest BCUT2D eigenvalue weighted by molar-refractivity contribution is -0.137. The van der Waals surface area contributed by atoms with Gasteiger partial charge in [0.25, 0.3) is 0 Å². The lowest BCUT2D eigenvalue weighted by Gasteiger charge is -2.10. The molecule has 0 saturated carbocycles. The fourth-order valence-electron chi connectivity index (χ4n) is 1.82. The predicted molar refractivity (Wildman–Crippen MR) is 78.2 cm³/mol. The SMILES string of the molecule is O=C(CNc1ccc(C(F)(F)F)cc1)NCc1ccc(F)cc1.